The molecule has 4 aromatic rings. The predicted octanol–water partition coefficient (Wildman–Crippen LogP) is 1.83. The van der Waals surface area contributed by atoms with Crippen LogP contribution in [0.5, 0.6) is 0 Å². The number of aliphatic carboxylic acids is 2. The van der Waals surface area contributed by atoms with Crippen molar-refractivity contribution in [2.24, 2.45) is 0 Å². The minimum Gasteiger partial charge on any atom is -0.480 e. The van der Waals surface area contributed by atoms with E-state index in [9.17, 15) is 49.2 Å². The average molecular weight is 1050 g/mol. The highest BCUT2D eigenvalue weighted by atomic mass is 16.4. The van der Waals surface area contributed by atoms with Crippen molar-refractivity contribution in [1.29, 1.82) is 0 Å². The van der Waals surface area contributed by atoms with E-state index in [0.29, 0.717) is 50.9 Å². The number of aliphatic hydroxyl groups is 2. The van der Waals surface area contributed by atoms with Crippen LogP contribution in [0.15, 0.2) is 34.7 Å². The third-order valence-corrected chi connectivity index (χ3v) is 15.3. The van der Waals surface area contributed by atoms with Gasteiger partial charge in [0.05, 0.1) is 16.9 Å². The second-order valence-corrected chi connectivity index (χ2v) is 20.7. The first-order valence-corrected chi connectivity index (χ1v) is 26.4. The zero-order valence-corrected chi connectivity index (χ0v) is 42.7. The van der Waals surface area contributed by atoms with Crippen molar-refractivity contribution < 1.29 is 53.6 Å². The van der Waals surface area contributed by atoms with Crippen LogP contribution in [0.25, 0.3) is 0 Å². The van der Waals surface area contributed by atoms with Gasteiger partial charge in [0, 0.05) is 94.2 Å². The van der Waals surface area contributed by atoms with Gasteiger partial charge in [-0.05, 0) is 120 Å². The molecule has 25 heteroatoms. The predicted molar refractivity (Wildman–Crippen MR) is 271 cm³/mol. The van der Waals surface area contributed by atoms with E-state index in [1.54, 1.807) is 11.6 Å². The number of piperidine rings is 2. The molecular weight excluding hydrogens is 985 g/mol. The summed E-state index contributed by atoms with van der Waals surface area (Å²) in [5.41, 5.74) is 2.03. The van der Waals surface area contributed by atoms with Gasteiger partial charge in [-0.25, -0.2) is 29.1 Å². The number of fused-ring (bicyclic) bond motifs is 2. The SMILES string of the molecule is Cc1cc(C2CC2c2nnc(C(=O)NC(C(=O)O)C3(O)CCN(C(=O)NCCCc4ccc5c(n4)NCCC5)CC3)o2)nn1CCC(=O)NC(C(=O)O)C1(O)CCN(C(=O)NCCCc2ccc3c(n2)NCCC3)CC1. The fourth-order valence-corrected chi connectivity index (χ4v) is 10.6. The molecule has 1 saturated carbocycles. The Kier molecular flexibility index (Phi) is 16.3. The molecule has 0 bridgehead atoms. The highest BCUT2D eigenvalue weighted by Crippen LogP contribution is 2.53. The number of anilines is 2. The lowest BCUT2D eigenvalue weighted by molar-refractivity contribution is -0.153. The summed E-state index contributed by atoms with van der Waals surface area (Å²) in [6.45, 7) is 4.86. The Bertz CT molecular complexity index is 2780. The van der Waals surface area contributed by atoms with Gasteiger partial charge in [-0.2, -0.15) is 5.10 Å². The summed E-state index contributed by atoms with van der Waals surface area (Å²) in [7, 11) is 0. The molecule has 10 N–H and O–H groups in total. The summed E-state index contributed by atoms with van der Waals surface area (Å²) in [6.07, 6.45) is 6.99. The van der Waals surface area contributed by atoms with Gasteiger partial charge in [0.15, 0.2) is 12.1 Å². The Morgan fingerprint density at radius 1 is 0.737 bits per heavy atom. The van der Waals surface area contributed by atoms with Gasteiger partial charge >= 0.3 is 35.8 Å². The molecular formula is C51H68N14O11. The normalized spacial score (nSPS) is 20.1. The fourth-order valence-electron chi connectivity index (χ4n) is 10.6. The minimum atomic E-state index is -1.87. The third-order valence-electron chi connectivity index (χ3n) is 15.3. The summed E-state index contributed by atoms with van der Waals surface area (Å²) in [5.74, 6) is -3.42. The van der Waals surface area contributed by atoms with Crippen molar-refractivity contribution in [3.05, 3.63) is 76.0 Å². The molecule has 2 saturated heterocycles. The summed E-state index contributed by atoms with van der Waals surface area (Å²) >= 11 is 0. The van der Waals surface area contributed by atoms with Gasteiger partial charge in [0.2, 0.25) is 11.8 Å². The van der Waals surface area contributed by atoms with E-state index < -0.39 is 52.9 Å². The molecule has 408 valence electrons. The second-order valence-electron chi connectivity index (χ2n) is 20.7. The maximum atomic E-state index is 13.3. The molecule has 76 heavy (non-hydrogen) atoms. The number of hydrogen-bond donors (Lipinski definition) is 10. The zero-order valence-electron chi connectivity index (χ0n) is 42.7. The van der Waals surface area contributed by atoms with Crippen LogP contribution in [0.1, 0.15) is 127 Å². The standard InChI is InChI=1S/C51H68N14O11/c1-30-28-37(62-65(30)23-14-38(66)58-39(46(68)69)50(74)15-24-63(25-16-50)48(72)54-21-4-8-33-12-10-31-6-2-19-52-41(31)56-33)35-29-36(35)44-60-61-45(76-44)43(67)59-40(47(70)71)51(75)17-26-64(27-18-51)49(73)55-22-5-9-34-13-11-32-7-3-20-53-42(32)57-34/h10-13,28,35-36,39-40,74-75H,2-9,14-27,29H2,1H3,(H,52,56)(H,53,57)(H,54,72)(H,55,73)(H,58,66)(H,59,67)(H,68,69)(H,70,71). The number of rotatable bonds is 20. The number of nitrogens with zero attached hydrogens (tertiary/aromatic N) is 8. The smallest absolute Gasteiger partial charge is 0.329 e. The van der Waals surface area contributed by atoms with E-state index in [0.717, 1.165) is 67.5 Å². The lowest BCUT2D eigenvalue weighted by Gasteiger charge is -2.41. The van der Waals surface area contributed by atoms with Crippen molar-refractivity contribution in [2.45, 2.75) is 138 Å². The summed E-state index contributed by atoms with van der Waals surface area (Å²) in [5, 5.41) is 73.0. The zero-order chi connectivity index (χ0) is 53.6. The number of aromatic nitrogens is 6. The van der Waals surface area contributed by atoms with E-state index >= 15 is 0 Å². The molecule has 0 spiro atoms. The lowest BCUT2D eigenvalue weighted by Crippen LogP contribution is -2.62. The van der Waals surface area contributed by atoms with E-state index in [2.05, 4.69) is 59.3 Å². The fraction of sp³-hybridized carbons (Fsp3) is 0.588. The number of carboxylic acids is 2. The lowest BCUT2D eigenvalue weighted by atomic mass is 9.84. The molecule has 3 fully saturated rings. The first kappa shape index (κ1) is 53.4. The molecule has 25 nitrogen and oxygen atoms in total. The van der Waals surface area contributed by atoms with Gasteiger partial charge in [0.25, 0.3) is 0 Å². The Balaban J connectivity index is 0.686. The summed E-state index contributed by atoms with van der Waals surface area (Å²) in [6, 6.07) is 6.06. The van der Waals surface area contributed by atoms with E-state index in [4.69, 9.17) is 14.4 Å². The highest BCUT2D eigenvalue weighted by Gasteiger charge is 2.49. The van der Waals surface area contributed by atoms with Crippen molar-refractivity contribution in [3.63, 3.8) is 0 Å². The summed E-state index contributed by atoms with van der Waals surface area (Å²) in [4.78, 5) is 89.6. The molecule has 4 atom stereocenters. The van der Waals surface area contributed by atoms with Gasteiger partial charge in [-0.1, -0.05) is 12.1 Å². The molecule has 9 rings (SSSR count). The monoisotopic (exact) mass is 1050 g/mol. The van der Waals surface area contributed by atoms with Crippen LogP contribution in [0.3, 0.4) is 0 Å². The van der Waals surface area contributed by atoms with E-state index in [1.807, 2.05) is 18.2 Å². The Morgan fingerprint density at radius 2 is 1.26 bits per heavy atom. The van der Waals surface area contributed by atoms with Gasteiger partial charge in [-0.3, -0.25) is 14.3 Å². The van der Waals surface area contributed by atoms with Gasteiger partial charge < -0.3 is 66.5 Å². The number of amides is 6. The van der Waals surface area contributed by atoms with Crippen LogP contribution in [0.4, 0.5) is 21.2 Å². The molecule has 0 radical (unpaired) electrons. The molecule has 4 unspecified atom stereocenters. The molecule has 0 aromatic carbocycles. The number of hydrogen-bond acceptors (Lipinski definition) is 16. The number of carbonyl (C=O) groups excluding carboxylic acids is 4. The van der Waals surface area contributed by atoms with Crippen molar-refractivity contribution in [1.82, 2.24) is 61.0 Å². The first-order valence-electron chi connectivity index (χ1n) is 26.4. The molecule has 4 aromatic heterocycles. The molecule has 8 heterocycles. The quantitative estimate of drug-likeness (QED) is 0.0565. The Hall–Kier alpha value is -7.41. The molecule has 4 aliphatic heterocycles. The van der Waals surface area contributed by atoms with Crippen molar-refractivity contribution in [2.75, 3.05) is 63.0 Å². The maximum absolute atomic E-state index is 13.3. The number of nitrogens with one attached hydrogen (secondary N) is 6. The van der Waals surface area contributed by atoms with E-state index in [1.165, 1.54) is 20.9 Å². The van der Waals surface area contributed by atoms with Crippen LogP contribution in [-0.2, 0) is 46.6 Å². The molecule has 5 aliphatic rings. The molecule has 1 aliphatic carbocycles. The van der Waals surface area contributed by atoms with Crippen molar-refractivity contribution in [3.8, 4) is 0 Å². The topological polar surface area (TPSA) is 345 Å². The van der Waals surface area contributed by atoms with Crippen molar-refractivity contribution >= 4 is 47.5 Å². The van der Waals surface area contributed by atoms with Crippen LogP contribution < -0.4 is 31.9 Å². The van der Waals surface area contributed by atoms with Crippen LogP contribution in [0, 0.1) is 6.92 Å². The number of likely N-dealkylation sites (tertiary alicyclic amines) is 2. The largest absolute Gasteiger partial charge is 0.480 e. The number of carboxylic acid groups (broad SMARTS) is 2. The average Bonchev–Trinajstić information content (AvgIpc) is 3.91. The highest BCUT2D eigenvalue weighted by molar-refractivity contribution is 5.93. The van der Waals surface area contributed by atoms with Crippen LogP contribution in [0.2, 0.25) is 0 Å². The Morgan fingerprint density at radius 3 is 1.79 bits per heavy atom. The number of aryl methyl sites for hydroxylation is 6. The van der Waals surface area contributed by atoms with Crippen LogP contribution in [-0.4, -0.2) is 172 Å². The molecule has 6 amide bonds. The van der Waals surface area contributed by atoms with Gasteiger partial charge in [0.1, 0.15) is 11.6 Å². The third kappa shape index (κ3) is 12.6. The maximum Gasteiger partial charge on any atom is 0.329 e. The minimum absolute atomic E-state index is 0.0526. The Labute approximate surface area is 438 Å². The van der Waals surface area contributed by atoms with Gasteiger partial charge in [-0.15, -0.1) is 10.2 Å². The van der Waals surface area contributed by atoms with E-state index in [-0.39, 0.29) is 94.6 Å². The number of carbonyl (C=O) groups is 6. The number of pyridine rings is 2. The second kappa shape index (κ2) is 23.2. The first-order chi connectivity index (χ1) is 36.6. The van der Waals surface area contributed by atoms with Crippen LogP contribution >= 0.6 is 0 Å². The number of urea groups is 2. The summed E-state index contributed by atoms with van der Waals surface area (Å²) < 4.78 is 7.32.